The molecule has 1 atom stereocenters. The summed E-state index contributed by atoms with van der Waals surface area (Å²) >= 11 is 0. The van der Waals surface area contributed by atoms with Crippen molar-refractivity contribution in [3.05, 3.63) is 47.9 Å². The number of para-hydroxylation sites is 1. The van der Waals surface area contributed by atoms with Crippen molar-refractivity contribution in [3.8, 4) is 17.4 Å². The zero-order valence-corrected chi connectivity index (χ0v) is 10.4. The van der Waals surface area contributed by atoms with Gasteiger partial charge in [0.1, 0.15) is 17.7 Å². The number of rotatable bonds is 2. The van der Waals surface area contributed by atoms with Gasteiger partial charge < -0.3 is 14.8 Å². The van der Waals surface area contributed by atoms with Crippen molar-refractivity contribution in [2.45, 2.75) is 6.10 Å². The molecule has 0 amide bonds. The molecule has 0 saturated carbocycles. The van der Waals surface area contributed by atoms with E-state index in [9.17, 15) is 4.39 Å². The minimum absolute atomic E-state index is 0.222. The molecule has 3 rings (SSSR count). The van der Waals surface area contributed by atoms with Gasteiger partial charge in [-0.15, -0.1) is 0 Å². The van der Waals surface area contributed by atoms with Gasteiger partial charge in [0.15, 0.2) is 5.75 Å². The van der Waals surface area contributed by atoms with Gasteiger partial charge in [-0.25, -0.2) is 9.37 Å². The smallest absolute Gasteiger partial charge is 0.258 e. The molecule has 4 nitrogen and oxygen atoms in total. The van der Waals surface area contributed by atoms with Crippen molar-refractivity contribution in [1.29, 1.82) is 0 Å². The molecule has 0 aliphatic carbocycles. The molecule has 1 N–H and O–H groups in total. The second-order valence-corrected chi connectivity index (χ2v) is 4.26. The first-order valence-electron chi connectivity index (χ1n) is 6.01. The molecule has 0 spiro atoms. The monoisotopic (exact) mass is 260 g/mol. The fourth-order valence-corrected chi connectivity index (χ4v) is 2.06. The van der Waals surface area contributed by atoms with Crippen LogP contribution in [0.15, 0.2) is 36.5 Å². The Balaban J connectivity index is 2.09. The molecule has 1 aliphatic heterocycles. The number of pyridine rings is 1. The van der Waals surface area contributed by atoms with Crippen molar-refractivity contribution in [2.24, 2.45) is 0 Å². The third kappa shape index (κ3) is 2.24. The van der Waals surface area contributed by atoms with Crippen LogP contribution >= 0.6 is 0 Å². The molecule has 0 bridgehead atoms. The third-order valence-electron chi connectivity index (χ3n) is 2.91. The minimum Gasteiger partial charge on any atom is -0.465 e. The predicted molar refractivity (Wildman–Crippen MR) is 68.0 cm³/mol. The molecule has 98 valence electrons. The van der Waals surface area contributed by atoms with Crippen molar-refractivity contribution in [3.63, 3.8) is 0 Å². The molecule has 5 heteroatoms. The highest BCUT2D eigenvalue weighted by atomic mass is 19.1. The topological polar surface area (TPSA) is 43.4 Å². The van der Waals surface area contributed by atoms with Gasteiger partial charge in [0, 0.05) is 18.2 Å². The van der Waals surface area contributed by atoms with Crippen LogP contribution in [0.2, 0.25) is 0 Å². The number of ether oxygens (including phenoxy) is 2. The Morgan fingerprint density at radius 1 is 1.32 bits per heavy atom. The van der Waals surface area contributed by atoms with E-state index >= 15 is 0 Å². The Bertz CT molecular complexity index is 604. The van der Waals surface area contributed by atoms with Gasteiger partial charge in [-0.3, -0.25) is 0 Å². The van der Waals surface area contributed by atoms with Crippen LogP contribution in [0.5, 0.6) is 17.4 Å². The lowest BCUT2D eigenvalue weighted by molar-refractivity contribution is 0.198. The highest BCUT2D eigenvalue weighted by Crippen LogP contribution is 2.40. The molecular formula is C14H13FN2O2. The maximum atomic E-state index is 13.2. The van der Waals surface area contributed by atoms with Crippen LogP contribution in [0.3, 0.4) is 0 Å². The van der Waals surface area contributed by atoms with E-state index in [1.165, 1.54) is 6.07 Å². The van der Waals surface area contributed by atoms with Gasteiger partial charge in [0.2, 0.25) is 0 Å². The van der Waals surface area contributed by atoms with E-state index in [2.05, 4.69) is 10.3 Å². The molecule has 1 aromatic heterocycles. The Hall–Kier alpha value is -2.14. The number of fused-ring (bicyclic) bond motifs is 2. The van der Waals surface area contributed by atoms with Crippen molar-refractivity contribution in [2.75, 3.05) is 13.6 Å². The second kappa shape index (κ2) is 4.85. The lowest BCUT2D eigenvalue weighted by Gasteiger charge is -2.16. The third-order valence-corrected chi connectivity index (χ3v) is 2.91. The number of nitrogens with zero attached hydrogens (tertiary/aromatic N) is 1. The summed E-state index contributed by atoms with van der Waals surface area (Å²) in [5.41, 5.74) is 0.912. The molecule has 0 radical (unpaired) electrons. The van der Waals surface area contributed by atoms with Crippen molar-refractivity contribution >= 4 is 0 Å². The first kappa shape index (κ1) is 11.9. The van der Waals surface area contributed by atoms with E-state index in [1.54, 1.807) is 0 Å². The normalized spacial score (nSPS) is 16.6. The summed E-state index contributed by atoms with van der Waals surface area (Å²) in [5.74, 6) is 0.810. The van der Waals surface area contributed by atoms with Crippen LogP contribution in [0.4, 0.5) is 4.39 Å². The average Bonchev–Trinajstić information content (AvgIpc) is 2.56. The van der Waals surface area contributed by atoms with Crippen LogP contribution in [0, 0.1) is 5.82 Å². The summed E-state index contributed by atoms with van der Waals surface area (Å²) in [4.78, 5) is 3.94. The van der Waals surface area contributed by atoms with E-state index in [-0.39, 0.29) is 6.10 Å². The quantitative estimate of drug-likeness (QED) is 0.901. The molecule has 0 unspecified atom stereocenters. The largest absolute Gasteiger partial charge is 0.465 e. The Morgan fingerprint density at radius 2 is 2.16 bits per heavy atom. The van der Waals surface area contributed by atoms with Crippen LogP contribution in [-0.4, -0.2) is 18.6 Å². The number of halogens is 1. The van der Waals surface area contributed by atoms with Gasteiger partial charge >= 0.3 is 0 Å². The second-order valence-electron chi connectivity index (χ2n) is 4.26. The van der Waals surface area contributed by atoms with Crippen LogP contribution in [0.25, 0.3) is 0 Å². The summed E-state index contributed by atoms with van der Waals surface area (Å²) in [6.45, 7) is 0.610. The predicted octanol–water partition coefficient (Wildman–Crippen LogP) is 2.67. The van der Waals surface area contributed by atoms with E-state index in [0.29, 0.717) is 23.9 Å². The summed E-state index contributed by atoms with van der Waals surface area (Å²) < 4.78 is 24.8. The van der Waals surface area contributed by atoms with Crippen LogP contribution in [0.1, 0.15) is 11.7 Å². The molecule has 2 heterocycles. The van der Waals surface area contributed by atoms with Gasteiger partial charge in [0.05, 0.1) is 6.20 Å². The molecule has 2 aromatic rings. The molecule has 0 saturated heterocycles. The summed E-state index contributed by atoms with van der Waals surface area (Å²) in [7, 11) is 1.84. The Morgan fingerprint density at radius 3 is 3.00 bits per heavy atom. The lowest BCUT2D eigenvalue weighted by atomic mass is 10.1. The first-order chi connectivity index (χ1) is 9.28. The zero-order chi connectivity index (χ0) is 13.2. The van der Waals surface area contributed by atoms with Gasteiger partial charge in [-0.2, -0.15) is 0 Å². The maximum absolute atomic E-state index is 13.2. The van der Waals surface area contributed by atoms with Crippen molar-refractivity contribution in [1.82, 2.24) is 10.3 Å². The molecule has 19 heavy (non-hydrogen) atoms. The molecule has 1 aliphatic rings. The number of hydrogen-bond acceptors (Lipinski definition) is 4. The van der Waals surface area contributed by atoms with E-state index in [4.69, 9.17) is 9.47 Å². The molecule has 1 aromatic carbocycles. The number of hydrogen-bond donors (Lipinski definition) is 1. The highest BCUT2D eigenvalue weighted by molar-refractivity contribution is 5.45. The Kier molecular flexibility index (Phi) is 3.05. The SMILES string of the molecule is CNC[C@H]1Oc2ncc(F)cc2Oc2ccccc21. The molecular weight excluding hydrogens is 247 g/mol. The van der Waals surface area contributed by atoms with E-state index in [0.717, 1.165) is 11.8 Å². The number of nitrogens with one attached hydrogen (secondary N) is 1. The standard InChI is InChI=1S/C14H13FN2O2/c1-16-8-13-10-4-2-3-5-11(10)18-12-6-9(15)7-17-14(12)19-13/h2-7,13,16H,8H2,1H3/t13-/m1/s1. The van der Waals surface area contributed by atoms with Gasteiger partial charge in [-0.05, 0) is 13.1 Å². The zero-order valence-electron chi connectivity index (χ0n) is 10.4. The Labute approximate surface area is 110 Å². The van der Waals surface area contributed by atoms with Gasteiger partial charge in [0.25, 0.3) is 5.88 Å². The van der Waals surface area contributed by atoms with E-state index in [1.807, 2.05) is 31.3 Å². The summed E-state index contributed by atoms with van der Waals surface area (Å²) in [6, 6.07) is 8.83. The number of benzene rings is 1. The lowest BCUT2D eigenvalue weighted by Crippen LogP contribution is -2.21. The molecule has 0 fully saturated rings. The fraction of sp³-hybridized carbons (Fsp3) is 0.214. The van der Waals surface area contributed by atoms with E-state index < -0.39 is 5.82 Å². The van der Waals surface area contributed by atoms with Gasteiger partial charge in [-0.1, -0.05) is 18.2 Å². The summed E-state index contributed by atoms with van der Waals surface area (Å²) in [6.07, 6.45) is 0.898. The van der Waals surface area contributed by atoms with Crippen LogP contribution in [-0.2, 0) is 0 Å². The highest BCUT2D eigenvalue weighted by Gasteiger charge is 2.25. The first-order valence-corrected chi connectivity index (χ1v) is 6.01. The number of aromatic nitrogens is 1. The summed E-state index contributed by atoms with van der Waals surface area (Å²) in [5, 5.41) is 3.07. The number of likely N-dealkylation sites (N-methyl/N-ethyl adjacent to an activating group) is 1. The maximum Gasteiger partial charge on any atom is 0.258 e. The van der Waals surface area contributed by atoms with Crippen molar-refractivity contribution < 1.29 is 13.9 Å². The average molecular weight is 260 g/mol. The fourth-order valence-electron chi connectivity index (χ4n) is 2.06. The minimum atomic E-state index is -0.452. The van der Waals surface area contributed by atoms with Crippen LogP contribution < -0.4 is 14.8 Å².